The van der Waals surface area contributed by atoms with Crippen LogP contribution < -0.4 is 26.1 Å². The highest BCUT2D eigenvalue weighted by Gasteiger charge is 2.18. The van der Waals surface area contributed by atoms with Gasteiger partial charge in [-0.25, -0.2) is 0 Å². The molecule has 12 heteroatoms. The Balaban J connectivity index is 2.11. The van der Waals surface area contributed by atoms with Gasteiger partial charge in [0, 0.05) is 23.3 Å². The minimum absolute atomic E-state index is 0.0117. The molecule has 29 heavy (non-hydrogen) atoms. The van der Waals surface area contributed by atoms with Crippen LogP contribution in [0.5, 0.6) is 11.5 Å². The van der Waals surface area contributed by atoms with Crippen LogP contribution in [0, 0.1) is 10.1 Å². The van der Waals surface area contributed by atoms with Crippen molar-refractivity contribution in [2.45, 2.75) is 0 Å². The molecule has 2 aromatic carbocycles. The number of benzene rings is 2. The molecule has 0 saturated heterocycles. The molecule has 2 rings (SSSR count). The van der Waals surface area contributed by atoms with Crippen LogP contribution in [-0.2, 0) is 4.79 Å². The van der Waals surface area contributed by atoms with E-state index in [1.165, 1.54) is 37.4 Å². The number of nitrogens with one attached hydrogen (secondary N) is 2. The molecule has 0 radical (unpaired) electrons. The lowest BCUT2D eigenvalue weighted by atomic mass is 10.2. The number of ether oxygens (including phenoxy) is 2. The van der Waals surface area contributed by atoms with Crippen LogP contribution in [-0.4, -0.2) is 36.4 Å². The first kappa shape index (κ1) is 21.4. The molecule has 152 valence electrons. The number of primary amides is 1. The van der Waals surface area contributed by atoms with Crippen molar-refractivity contribution in [3.8, 4) is 11.5 Å². The summed E-state index contributed by atoms with van der Waals surface area (Å²) in [5.74, 6) is -2.15. The van der Waals surface area contributed by atoms with Gasteiger partial charge in [0.2, 0.25) is 0 Å². The monoisotopic (exact) mass is 422 g/mol. The molecule has 0 unspecified atom stereocenters. The van der Waals surface area contributed by atoms with Crippen LogP contribution >= 0.6 is 11.6 Å². The summed E-state index contributed by atoms with van der Waals surface area (Å²) in [5.41, 5.74) is 9.02. The Bertz CT molecular complexity index is 980. The van der Waals surface area contributed by atoms with Crippen molar-refractivity contribution in [3.63, 3.8) is 0 Å². The Morgan fingerprint density at radius 1 is 1.14 bits per heavy atom. The molecule has 0 fully saturated rings. The van der Waals surface area contributed by atoms with Gasteiger partial charge in [-0.1, -0.05) is 17.7 Å². The standard InChI is InChI=1S/C17H15ClN4O7/c1-28-13-7-10(6-12(18)15(13)29-8-14(19)23)17(25)21-20-16(24)9-3-2-4-11(5-9)22(26)27/h2-7H,8H2,1H3,(H2,19,23)(H,20,24)(H,21,25). The molecule has 0 aliphatic carbocycles. The number of nitro benzene ring substituents is 1. The van der Waals surface area contributed by atoms with Crippen molar-refractivity contribution in [1.82, 2.24) is 10.9 Å². The summed E-state index contributed by atoms with van der Waals surface area (Å²) in [6.07, 6.45) is 0. The van der Waals surface area contributed by atoms with E-state index in [1.807, 2.05) is 0 Å². The van der Waals surface area contributed by atoms with Gasteiger partial charge in [0.1, 0.15) is 0 Å². The smallest absolute Gasteiger partial charge is 0.270 e. The first-order valence-electron chi connectivity index (χ1n) is 7.86. The zero-order valence-electron chi connectivity index (χ0n) is 14.9. The summed E-state index contributed by atoms with van der Waals surface area (Å²) in [6.45, 7) is -0.444. The quantitative estimate of drug-likeness (QED) is 0.445. The van der Waals surface area contributed by atoms with Crippen LogP contribution in [0.3, 0.4) is 0 Å². The highest BCUT2D eigenvalue weighted by Crippen LogP contribution is 2.36. The van der Waals surface area contributed by atoms with E-state index in [9.17, 15) is 24.5 Å². The number of hydrazine groups is 1. The number of nitro groups is 1. The van der Waals surface area contributed by atoms with E-state index in [2.05, 4.69) is 10.9 Å². The summed E-state index contributed by atoms with van der Waals surface area (Å²) in [5, 5.41) is 10.7. The van der Waals surface area contributed by atoms with Gasteiger partial charge in [-0.2, -0.15) is 0 Å². The maximum Gasteiger partial charge on any atom is 0.270 e. The second-order valence-electron chi connectivity index (χ2n) is 5.46. The molecule has 0 aromatic heterocycles. The molecule has 3 amide bonds. The van der Waals surface area contributed by atoms with E-state index in [-0.39, 0.29) is 33.3 Å². The third-order valence-corrected chi connectivity index (χ3v) is 3.74. The largest absolute Gasteiger partial charge is 0.493 e. The van der Waals surface area contributed by atoms with Gasteiger partial charge in [0.05, 0.1) is 17.1 Å². The van der Waals surface area contributed by atoms with E-state index < -0.39 is 29.3 Å². The zero-order valence-corrected chi connectivity index (χ0v) is 15.7. The maximum atomic E-state index is 12.3. The van der Waals surface area contributed by atoms with Crippen molar-refractivity contribution in [1.29, 1.82) is 0 Å². The summed E-state index contributed by atoms with van der Waals surface area (Å²) in [4.78, 5) is 45.4. The minimum atomic E-state index is -0.762. The lowest BCUT2D eigenvalue weighted by Gasteiger charge is -2.13. The summed E-state index contributed by atoms with van der Waals surface area (Å²) < 4.78 is 10.2. The van der Waals surface area contributed by atoms with Crippen molar-refractivity contribution in [2.75, 3.05) is 13.7 Å². The zero-order chi connectivity index (χ0) is 21.6. The highest BCUT2D eigenvalue weighted by atomic mass is 35.5. The van der Waals surface area contributed by atoms with Crippen LogP contribution in [0.2, 0.25) is 5.02 Å². The van der Waals surface area contributed by atoms with Crippen molar-refractivity contribution in [3.05, 3.63) is 62.7 Å². The molecule has 4 N–H and O–H groups in total. The lowest BCUT2D eigenvalue weighted by molar-refractivity contribution is -0.384. The van der Waals surface area contributed by atoms with Gasteiger partial charge in [-0.3, -0.25) is 35.3 Å². The summed E-state index contributed by atoms with van der Waals surface area (Å²) >= 11 is 6.06. The third-order valence-electron chi connectivity index (χ3n) is 3.46. The van der Waals surface area contributed by atoms with E-state index >= 15 is 0 Å². The number of rotatable bonds is 7. The number of amides is 3. The van der Waals surface area contributed by atoms with Gasteiger partial charge in [0.15, 0.2) is 18.1 Å². The maximum absolute atomic E-state index is 12.3. The van der Waals surface area contributed by atoms with Crippen molar-refractivity contribution >= 4 is 35.0 Å². The lowest BCUT2D eigenvalue weighted by Crippen LogP contribution is -2.41. The molecule has 2 aromatic rings. The number of halogens is 1. The Hall–Kier alpha value is -3.86. The fraction of sp³-hybridized carbons (Fsp3) is 0.118. The van der Waals surface area contributed by atoms with E-state index in [1.54, 1.807) is 0 Å². The van der Waals surface area contributed by atoms with Crippen molar-refractivity contribution in [2.24, 2.45) is 5.73 Å². The SMILES string of the molecule is COc1cc(C(=O)NNC(=O)c2cccc([N+](=O)[O-])c2)cc(Cl)c1OCC(N)=O. The molecule has 0 spiro atoms. The summed E-state index contributed by atoms with van der Waals surface area (Å²) in [6, 6.07) is 7.48. The van der Waals surface area contributed by atoms with E-state index in [0.717, 1.165) is 6.07 Å². The first-order chi connectivity index (χ1) is 13.7. The number of nitrogens with two attached hydrogens (primary N) is 1. The molecule has 11 nitrogen and oxygen atoms in total. The Morgan fingerprint density at radius 2 is 1.79 bits per heavy atom. The predicted octanol–water partition coefficient (Wildman–Crippen LogP) is 1.20. The normalized spacial score (nSPS) is 10.0. The molecule has 0 saturated carbocycles. The van der Waals surface area contributed by atoms with Gasteiger partial charge >= 0.3 is 0 Å². The third kappa shape index (κ3) is 5.56. The Morgan fingerprint density at radius 3 is 2.38 bits per heavy atom. The molecule has 0 aliphatic rings. The molecular weight excluding hydrogens is 408 g/mol. The predicted molar refractivity (Wildman–Crippen MR) is 101 cm³/mol. The van der Waals surface area contributed by atoms with Crippen LogP contribution in [0.1, 0.15) is 20.7 Å². The Labute approximate surface area is 168 Å². The van der Waals surface area contributed by atoms with E-state index in [4.69, 9.17) is 26.8 Å². The number of hydrogen-bond donors (Lipinski definition) is 3. The van der Waals surface area contributed by atoms with Gasteiger partial charge in [-0.15, -0.1) is 0 Å². The number of non-ortho nitro benzene ring substituents is 1. The van der Waals surface area contributed by atoms with Gasteiger partial charge in [0.25, 0.3) is 23.4 Å². The highest BCUT2D eigenvalue weighted by molar-refractivity contribution is 6.32. The first-order valence-corrected chi connectivity index (χ1v) is 8.24. The number of hydrogen-bond acceptors (Lipinski definition) is 7. The fourth-order valence-electron chi connectivity index (χ4n) is 2.15. The summed E-state index contributed by atoms with van der Waals surface area (Å²) in [7, 11) is 1.30. The number of nitrogens with zero attached hydrogens (tertiary/aromatic N) is 1. The molecule has 0 aliphatic heterocycles. The fourth-order valence-corrected chi connectivity index (χ4v) is 2.42. The van der Waals surface area contributed by atoms with Gasteiger partial charge < -0.3 is 15.2 Å². The number of carbonyl (C=O) groups excluding carboxylic acids is 3. The Kier molecular flexibility index (Phi) is 6.93. The van der Waals surface area contributed by atoms with Gasteiger partial charge in [-0.05, 0) is 18.2 Å². The molecule has 0 atom stereocenters. The van der Waals surface area contributed by atoms with Crippen molar-refractivity contribution < 1.29 is 28.8 Å². The number of methoxy groups -OCH3 is 1. The number of carbonyl (C=O) groups is 3. The average Bonchev–Trinajstić information content (AvgIpc) is 2.70. The molecular formula is C17H15ClN4O7. The van der Waals surface area contributed by atoms with Crippen LogP contribution in [0.4, 0.5) is 5.69 Å². The van der Waals surface area contributed by atoms with Crippen LogP contribution in [0.15, 0.2) is 36.4 Å². The topological polar surface area (TPSA) is 163 Å². The second kappa shape index (κ2) is 9.37. The van der Waals surface area contributed by atoms with Crippen LogP contribution in [0.25, 0.3) is 0 Å². The average molecular weight is 423 g/mol. The van der Waals surface area contributed by atoms with E-state index in [0.29, 0.717) is 0 Å². The molecule has 0 heterocycles. The minimum Gasteiger partial charge on any atom is -0.493 e. The molecule has 0 bridgehead atoms. The second-order valence-corrected chi connectivity index (χ2v) is 5.87.